The van der Waals surface area contributed by atoms with Crippen molar-refractivity contribution in [3.05, 3.63) is 54.1 Å². The molecular formula is C21H25N3O3S. The first-order valence-corrected chi connectivity index (χ1v) is 9.51. The van der Waals surface area contributed by atoms with E-state index in [0.717, 1.165) is 18.5 Å². The summed E-state index contributed by atoms with van der Waals surface area (Å²) in [6.07, 6.45) is 2.01. The van der Waals surface area contributed by atoms with Crippen molar-refractivity contribution in [3.8, 4) is 5.75 Å². The number of ether oxygens (including phenoxy) is 1. The quantitative estimate of drug-likeness (QED) is 0.544. The summed E-state index contributed by atoms with van der Waals surface area (Å²) in [5.41, 5.74) is 1.86. The third kappa shape index (κ3) is 6.35. The number of benzene rings is 2. The molecule has 0 radical (unpaired) electrons. The van der Waals surface area contributed by atoms with E-state index in [1.165, 1.54) is 11.8 Å². The third-order valence-electron chi connectivity index (χ3n) is 4.05. The van der Waals surface area contributed by atoms with Crippen LogP contribution in [0.1, 0.15) is 37.0 Å². The highest BCUT2D eigenvalue weighted by Gasteiger charge is 2.10. The Morgan fingerprint density at radius 3 is 2.61 bits per heavy atom. The molecule has 0 unspecified atom stereocenters. The molecule has 2 rings (SSSR count). The molecule has 0 heterocycles. The number of nitrogens with one attached hydrogen (secondary N) is 2. The van der Waals surface area contributed by atoms with Crippen LogP contribution in [0.25, 0.3) is 0 Å². The maximum absolute atomic E-state index is 12.4. The summed E-state index contributed by atoms with van der Waals surface area (Å²) < 4.78 is 5.63. The Labute approximate surface area is 170 Å². The normalized spacial score (nSPS) is 10.1. The molecule has 0 aliphatic carbocycles. The lowest BCUT2D eigenvalue weighted by atomic mass is 10.2. The Bertz CT molecular complexity index is 854. The second-order valence-electron chi connectivity index (χ2n) is 6.27. The number of rotatable bonds is 7. The van der Waals surface area contributed by atoms with Crippen molar-refractivity contribution in [1.29, 1.82) is 0 Å². The zero-order valence-corrected chi connectivity index (χ0v) is 17.1. The fourth-order valence-corrected chi connectivity index (χ4v) is 2.58. The zero-order valence-electron chi connectivity index (χ0n) is 16.3. The Kier molecular flexibility index (Phi) is 7.95. The van der Waals surface area contributed by atoms with Crippen LogP contribution in [0.5, 0.6) is 5.75 Å². The van der Waals surface area contributed by atoms with Gasteiger partial charge in [-0.05, 0) is 55.0 Å². The van der Waals surface area contributed by atoms with Gasteiger partial charge in [-0.15, -0.1) is 0 Å². The lowest BCUT2D eigenvalue weighted by molar-refractivity contribution is -0.116. The molecule has 7 heteroatoms. The second-order valence-corrected chi connectivity index (χ2v) is 6.67. The lowest BCUT2D eigenvalue weighted by Crippen LogP contribution is -2.34. The highest BCUT2D eigenvalue weighted by Crippen LogP contribution is 2.19. The van der Waals surface area contributed by atoms with Crippen LogP contribution < -0.4 is 20.3 Å². The van der Waals surface area contributed by atoms with Crippen LogP contribution >= 0.6 is 12.2 Å². The number of hydrogen-bond acceptors (Lipinski definition) is 4. The van der Waals surface area contributed by atoms with Crippen LogP contribution in [0.3, 0.4) is 0 Å². The molecule has 2 amide bonds. The molecule has 0 saturated heterocycles. The second kappa shape index (κ2) is 10.4. The minimum absolute atomic E-state index is 0.0749. The van der Waals surface area contributed by atoms with Crippen LogP contribution in [-0.4, -0.2) is 30.6 Å². The van der Waals surface area contributed by atoms with E-state index in [9.17, 15) is 9.59 Å². The maximum atomic E-state index is 12.4. The third-order valence-corrected chi connectivity index (χ3v) is 4.26. The molecule has 0 atom stereocenters. The number of anilines is 2. The highest BCUT2D eigenvalue weighted by molar-refractivity contribution is 7.80. The van der Waals surface area contributed by atoms with E-state index in [0.29, 0.717) is 23.6 Å². The van der Waals surface area contributed by atoms with E-state index in [2.05, 4.69) is 17.6 Å². The number of unbranched alkanes of at least 4 members (excludes halogenated alkanes) is 1. The van der Waals surface area contributed by atoms with Gasteiger partial charge in [-0.2, -0.15) is 0 Å². The topological polar surface area (TPSA) is 70.7 Å². The molecule has 6 nitrogen and oxygen atoms in total. The molecule has 0 aliphatic heterocycles. The van der Waals surface area contributed by atoms with E-state index in [-0.39, 0.29) is 16.9 Å². The van der Waals surface area contributed by atoms with Crippen LogP contribution in [-0.2, 0) is 4.79 Å². The molecule has 0 spiro atoms. The van der Waals surface area contributed by atoms with Crippen LogP contribution in [0.15, 0.2) is 48.5 Å². The average molecular weight is 400 g/mol. The van der Waals surface area contributed by atoms with Crippen molar-refractivity contribution < 1.29 is 14.3 Å². The molecule has 28 heavy (non-hydrogen) atoms. The molecule has 2 aromatic rings. The SMILES string of the molecule is CCCCOc1cccc(C(=O)NC(=S)Nc2cccc(N(C)C(C)=O)c2)c1. The highest BCUT2D eigenvalue weighted by atomic mass is 32.1. The molecular weight excluding hydrogens is 374 g/mol. The summed E-state index contributed by atoms with van der Waals surface area (Å²) in [6, 6.07) is 14.2. The first-order chi connectivity index (χ1) is 13.4. The van der Waals surface area contributed by atoms with Gasteiger partial charge in [0, 0.05) is 30.9 Å². The Balaban J connectivity index is 1.98. The fourth-order valence-electron chi connectivity index (χ4n) is 2.37. The van der Waals surface area contributed by atoms with Crippen molar-refractivity contribution in [2.75, 3.05) is 23.9 Å². The molecule has 0 aliphatic rings. The van der Waals surface area contributed by atoms with E-state index >= 15 is 0 Å². The van der Waals surface area contributed by atoms with E-state index < -0.39 is 0 Å². The number of hydrogen-bond donors (Lipinski definition) is 2. The maximum Gasteiger partial charge on any atom is 0.257 e. The molecule has 2 aromatic carbocycles. The summed E-state index contributed by atoms with van der Waals surface area (Å²) in [5.74, 6) is 0.254. The predicted octanol–water partition coefficient (Wildman–Crippen LogP) is 3.98. The lowest BCUT2D eigenvalue weighted by Gasteiger charge is -2.16. The molecule has 0 fully saturated rings. The van der Waals surface area contributed by atoms with Crippen molar-refractivity contribution in [2.45, 2.75) is 26.7 Å². The molecule has 0 saturated carbocycles. The number of amides is 2. The summed E-state index contributed by atoms with van der Waals surface area (Å²) in [6.45, 7) is 4.20. The number of carbonyl (C=O) groups is 2. The molecule has 2 N–H and O–H groups in total. The van der Waals surface area contributed by atoms with Crippen LogP contribution in [0.4, 0.5) is 11.4 Å². The number of nitrogens with zero attached hydrogens (tertiary/aromatic N) is 1. The van der Waals surface area contributed by atoms with E-state index in [4.69, 9.17) is 17.0 Å². The van der Waals surface area contributed by atoms with Gasteiger partial charge in [0.05, 0.1) is 6.61 Å². The average Bonchev–Trinajstić information content (AvgIpc) is 2.67. The number of thiocarbonyl (C=S) groups is 1. The minimum atomic E-state index is -0.324. The smallest absolute Gasteiger partial charge is 0.257 e. The van der Waals surface area contributed by atoms with Gasteiger partial charge in [0.1, 0.15) is 5.75 Å². The minimum Gasteiger partial charge on any atom is -0.494 e. The summed E-state index contributed by atoms with van der Waals surface area (Å²) in [7, 11) is 1.69. The predicted molar refractivity (Wildman–Crippen MR) is 116 cm³/mol. The van der Waals surface area contributed by atoms with E-state index in [1.807, 2.05) is 12.1 Å². The zero-order chi connectivity index (χ0) is 20.5. The fraction of sp³-hybridized carbons (Fsp3) is 0.286. The summed E-state index contributed by atoms with van der Waals surface area (Å²) >= 11 is 5.24. The van der Waals surface area contributed by atoms with Crippen molar-refractivity contribution >= 4 is 40.5 Å². The van der Waals surface area contributed by atoms with Crippen molar-refractivity contribution in [1.82, 2.24) is 5.32 Å². The van der Waals surface area contributed by atoms with Gasteiger partial charge in [-0.3, -0.25) is 14.9 Å². The van der Waals surface area contributed by atoms with Crippen molar-refractivity contribution in [3.63, 3.8) is 0 Å². The van der Waals surface area contributed by atoms with Gasteiger partial charge in [-0.1, -0.05) is 25.5 Å². The van der Waals surface area contributed by atoms with Gasteiger partial charge in [-0.25, -0.2) is 0 Å². The summed E-state index contributed by atoms with van der Waals surface area (Å²) in [5, 5.41) is 5.79. The standard InChI is InChI=1S/C21H25N3O3S/c1-4-5-12-27-19-11-6-8-16(13-19)20(26)23-21(28)22-17-9-7-10-18(14-17)24(3)15(2)25/h6-11,13-14H,4-5,12H2,1-3H3,(H2,22,23,26,28). The Hall–Kier alpha value is -2.93. The largest absolute Gasteiger partial charge is 0.494 e. The molecule has 0 bridgehead atoms. The van der Waals surface area contributed by atoms with Gasteiger partial charge in [0.2, 0.25) is 5.91 Å². The van der Waals surface area contributed by atoms with Gasteiger partial charge in [0.15, 0.2) is 5.11 Å². The molecule has 0 aromatic heterocycles. The Morgan fingerprint density at radius 1 is 1.14 bits per heavy atom. The van der Waals surface area contributed by atoms with Crippen LogP contribution in [0.2, 0.25) is 0 Å². The van der Waals surface area contributed by atoms with Crippen molar-refractivity contribution in [2.24, 2.45) is 0 Å². The first kappa shape index (κ1) is 21.4. The number of carbonyl (C=O) groups excluding carboxylic acids is 2. The van der Waals surface area contributed by atoms with Crippen LogP contribution in [0, 0.1) is 0 Å². The molecule has 148 valence electrons. The summed E-state index contributed by atoms with van der Waals surface area (Å²) in [4.78, 5) is 25.5. The Morgan fingerprint density at radius 2 is 1.89 bits per heavy atom. The van der Waals surface area contributed by atoms with E-state index in [1.54, 1.807) is 43.4 Å². The van der Waals surface area contributed by atoms with Gasteiger partial charge in [0.25, 0.3) is 5.91 Å². The monoisotopic (exact) mass is 399 g/mol. The van der Waals surface area contributed by atoms with Gasteiger partial charge < -0.3 is 15.0 Å². The first-order valence-electron chi connectivity index (χ1n) is 9.10. The van der Waals surface area contributed by atoms with Gasteiger partial charge >= 0.3 is 0 Å².